The number of carbonyl (C=O) groups is 3. The molecule has 27 nitrogen and oxygen atoms in total. The lowest BCUT2D eigenvalue weighted by molar-refractivity contribution is -0.384. The number of aliphatic hydroxyl groups is 1. The number of likely N-dealkylation sites (tertiary alicyclic amines) is 3. The lowest BCUT2D eigenvalue weighted by Crippen LogP contribution is -2.57. The number of H-pyrrole nitrogens is 1. The maximum atomic E-state index is 14.2. The smallest absolute Gasteiger partial charge is 0.293 e. The summed E-state index contributed by atoms with van der Waals surface area (Å²) in [5.74, 6) is -0.778. The van der Waals surface area contributed by atoms with E-state index < -0.39 is 55.0 Å². The van der Waals surface area contributed by atoms with Crippen LogP contribution >= 0.6 is 22.9 Å². The van der Waals surface area contributed by atoms with Gasteiger partial charge in [-0.3, -0.25) is 29.4 Å². The molecule has 6 N–H and O–H groups in total. The number of thiazole rings is 1. The summed E-state index contributed by atoms with van der Waals surface area (Å²) in [5, 5.41) is 34.5. The number of piperazine rings is 1. The van der Waals surface area contributed by atoms with Crippen LogP contribution in [0, 0.1) is 33.8 Å². The number of pyridine rings is 1. The Morgan fingerprint density at radius 2 is 1.46 bits per heavy atom. The number of aryl methyl sites for hydroxylation is 1. The van der Waals surface area contributed by atoms with E-state index in [9.17, 15) is 38.0 Å². The Bertz CT molecular complexity index is 4540. The van der Waals surface area contributed by atoms with E-state index in [1.165, 1.54) is 39.9 Å². The molecule has 4 saturated heterocycles. The van der Waals surface area contributed by atoms with E-state index in [0.29, 0.717) is 110 Å². The third kappa shape index (κ3) is 23.9. The van der Waals surface area contributed by atoms with Gasteiger partial charge in [-0.15, -0.1) is 11.3 Å². The van der Waals surface area contributed by atoms with Crippen LogP contribution in [0.5, 0.6) is 11.5 Å². The lowest BCUT2D eigenvalue weighted by Gasteiger charge is -2.42. The van der Waals surface area contributed by atoms with Gasteiger partial charge in [-0.05, 0) is 173 Å². The van der Waals surface area contributed by atoms with Gasteiger partial charge in [0, 0.05) is 106 Å². The van der Waals surface area contributed by atoms with Crippen molar-refractivity contribution in [1.82, 2.24) is 49.9 Å². The number of nitro groups is 1. The third-order valence-corrected chi connectivity index (χ3v) is 25.3. The fraction of sp³-hybridized carbons (Fsp3) is 0.541. The molecule has 0 unspecified atom stereocenters. The number of benzene rings is 4. The summed E-state index contributed by atoms with van der Waals surface area (Å²) >= 11 is 7.88. The topological polar surface area (TPSA) is 310 Å². The quantitative estimate of drug-likeness (QED) is 0.0119. The summed E-state index contributed by atoms with van der Waals surface area (Å²) in [4.78, 5) is 77.8. The molecule has 0 spiro atoms. The maximum absolute atomic E-state index is 14.2. The minimum atomic E-state index is -4.63. The molecular weight excluding hydrogens is 1530 g/mol. The molecule has 4 atom stereocenters. The van der Waals surface area contributed by atoms with Gasteiger partial charge in [0.1, 0.15) is 28.9 Å². The predicted octanol–water partition coefficient (Wildman–Crippen LogP) is 11.8. The van der Waals surface area contributed by atoms with E-state index in [-0.39, 0.29) is 59.2 Å². The molecule has 4 fully saturated rings. The van der Waals surface area contributed by atoms with Gasteiger partial charge in [0.2, 0.25) is 11.8 Å². The number of fused-ring (bicyclic) bond motifs is 1. The highest BCUT2D eigenvalue weighted by molar-refractivity contribution is 7.90. The first kappa shape index (κ1) is 86.3. The molecule has 30 heteroatoms. The summed E-state index contributed by atoms with van der Waals surface area (Å²) in [7, 11) is -4.63. The Labute approximate surface area is 684 Å². The number of halogens is 1. The highest BCUT2D eigenvalue weighted by Crippen LogP contribution is 2.44. The van der Waals surface area contributed by atoms with Crippen LogP contribution in [-0.4, -0.2) is 246 Å². The number of β-amino-alcohol motifs (C(OH)–C–C–N with tert-alkyl or cyclic N) is 1. The van der Waals surface area contributed by atoms with Crippen molar-refractivity contribution in [2.24, 2.45) is 16.7 Å². The fourth-order valence-electron chi connectivity index (χ4n) is 16.1. The molecule has 0 bridgehead atoms. The summed E-state index contributed by atoms with van der Waals surface area (Å²) in [6, 6.07) is 27.4. The number of ether oxygens (including phenoxy) is 6. The Morgan fingerprint density at radius 1 is 0.791 bits per heavy atom. The minimum Gasteiger partial charge on any atom is -0.455 e. The molecule has 7 aromatic rings. The second-order valence-electron chi connectivity index (χ2n) is 32.7. The van der Waals surface area contributed by atoms with E-state index in [1.54, 1.807) is 41.8 Å². The van der Waals surface area contributed by atoms with Crippen LogP contribution in [0.2, 0.25) is 5.02 Å². The first-order valence-electron chi connectivity index (χ1n) is 40.5. The monoisotopic (exact) mass is 1640 g/mol. The number of hydrogen-bond donors (Lipinski definition) is 6. The Kier molecular flexibility index (Phi) is 30.4. The number of carbonyl (C=O) groups excluding carboxylic acids is 3. The van der Waals surface area contributed by atoms with Crippen LogP contribution in [0.15, 0.2) is 125 Å². The Morgan fingerprint density at radius 3 is 2.12 bits per heavy atom. The molecule has 5 aliphatic rings. The van der Waals surface area contributed by atoms with Gasteiger partial charge in [0.15, 0.2) is 0 Å². The van der Waals surface area contributed by atoms with Crippen LogP contribution < -0.4 is 30.3 Å². The zero-order valence-electron chi connectivity index (χ0n) is 67.4. The van der Waals surface area contributed by atoms with Crippen molar-refractivity contribution >= 4 is 84.4 Å². The molecule has 1 aliphatic carbocycles. The molecule has 4 aliphatic heterocycles. The average Bonchev–Trinajstić information content (AvgIpc) is 1.26. The summed E-state index contributed by atoms with van der Waals surface area (Å²) < 4.78 is 65.6. The molecule has 3 amide bonds. The van der Waals surface area contributed by atoms with Crippen molar-refractivity contribution in [1.29, 1.82) is 0 Å². The molecule has 115 heavy (non-hydrogen) atoms. The summed E-state index contributed by atoms with van der Waals surface area (Å²) in [6.07, 6.45) is 9.77. The van der Waals surface area contributed by atoms with Gasteiger partial charge in [-0.2, -0.15) is 0 Å². The Balaban J connectivity index is 0.496. The SMILES string of the molecule is Cc1ncsc1-c1ccc([C@H](C)NC(=O)[C@@H]2C[C@@H](O)CN2C(=O)[C@@H](NCCOCCOCCOCCOCCOCCN2CCC(N3CCC(CNc4ccc(S(=O)(=O)NC(=O)c5ccc(N6CCN(CC7=C(c8ccc(Cl)cc8)CC(C)(C)CC7)CC6)cc5Oc5cnc6[nH]ccc6c5)cc4[N+](=O)[O-])CC3)CC2)C(C)(C)C)cc1. The largest absolute Gasteiger partial charge is 0.455 e. The zero-order chi connectivity index (χ0) is 81.2. The third-order valence-electron chi connectivity index (χ3n) is 22.7. The highest BCUT2D eigenvalue weighted by Gasteiger charge is 2.44. The average molecular weight is 1640 g/mol. The van der Waals surface area contributed by atoms with Crippen molar-refractivity contribution in [2.75, 3.05) is 161 Å². The number of rotatable bonds is 38. The van der Waals surface area contributed by atoms with Gasteiger partial charge < -0.3 is 74.1 Å². The molecule has 4 aromatic carbocycles. The van der Waals surface area contributed by atoms with Crippen molar-refractivity contribution in [2.45, 2.75) is 135 Å². The number of aromatic amines is 1. The molecule has 7 heterocycles. The number of nitrogens with one attached hydrogen (secondary N) is 5. The molecule has 622 valence electrons. The van der Waals surface area contributed by atoms with Crippen LogP contribution in [0.25, 0.3) is 27.0 Å². The normalized spacial score (nSPS) is 18.9. The molecular formula is C85H114ClN13O14S2. The maximum Gasteiger partial charge on any atom is 0.293 e. The van der Waals surface area contributed by atoms with Crippen LogP contribution in [0.1, 0.15) is 126 Å². The zero-order valence-corrected chi connectivity index (χ0v) is 69.8. The number of amides is 3. The summed E-state index contributed by atoms with van der Waals surface area (Å²) in [6.45, 7) is 28.4. The number of allylic oxidation sites excluding steroid dienone is 1. The number of hydrogen-bond acceptors (Lipinski definition) is 23. The number of nitro benzene ring substituents is 1. The van der Waals surface area contributed by atoms with Crippen molar-refractivity contribution in [3.05, 3.63) is 158 Å². The van der Waals surface area contributed by atoms with E-state index in [4.69, 9.17) is 40.0 Å². The number of aromatic nitrogens is 3. The van der Waals surface area contributed by atoms with E-state index in [2.05, 4.69) is 81.2 Å². The van der Waals surface area contributed by atoms with Crippen LogP contribution in [0.3, 0.4) is 0 Å². The molecule has 3 aromatic heterocycles. The van der Waals surface area contributed by atoms with Crippen LogP contribution in [-0.2, 0) is 43.3 Å². The van der Waals surface area contributed by atoms with Gasteiger partial charge >= 0.3 is 0 Å². The van der Waals surface area contributed by atoms with E-state index in [0.717, 1.165) is 141 Å². The fourth-order valence-corrected chi connectivity index (χ4v) is 18.0. The summed E-state index contributed by atoms with van der Waals surface area (Å²) in [5.41, 5.74) is 9.79. The molecule has 0 radical (unpaired) electrons. The van der Waals surface area contributed by atoms with Crippen LogP contribution in [0.4, 0.5) is 17.1 Å². The minimum absolute atomic E-state index is 0.0471. The molecule has 12 rings (SSSR count). The number of piperidine rings is 2. The Hall–Kier alpha value is -8.01. The second kappa shape index (κ2) is 40.4. The van der Waals surface area contributed by atoms with Gasteiger partial charge in [0.25, 0.3) is 21.6 Å². The van der Waals surface area contributed by atoms with Gasteiger partial charge in [-0.1, -0.05) is 88.2 Å². The first-order valence-corrected chi connectivity index (χ1v) is 43.2. The molecule has 0 saturated carbocycles. The van der Waals surface area contributed by atoms with E-state index >= 15 is 0 Å². The van der Waals surface area contributed by atoms with Crippen molar-refractivity contribution in [3.63, 3.8) is 0 Å². The lowest BCUT2D eigenvalue weighted by atomic mass is 9.72. The number of sulfonamides is 1. The van der Waals surface area contributed by atoms with Crippen molar-refractivity contribution < 1.29 is 61.3 Å². The van der Waals surface area contributed by atoms with E-state index in [1.807, 2.05) is 82.6 Å². The second-order valence-corrected chi connectivity index (χ2v) is 35.7. The highest BCUT2D eigenvalue weighted by atomic mass is 35.5. The number of aliphatic hydroxyl groups excluding tert-OH is 1. The standard InChI is InChI=1S/C85H114ClN13O14S2/c1-58(61-8-10-63(11-9-61)78-59(2)91-57-114-78)92-82(102)76-50-69(100)56-98(76)83(103)79(84(3,4)5)87-28-38-108-40-42-110-44-46-112-47-45-111-43-41-109-39-37-94-29-24-67(25-30-94)96-31-22-60(23-32-96)53-89-74-19-17-71(51-75(74)99(104)105)115(106,107)93-81(101)72-18-16-68(49-77(72)113-70-48-64-21-27-88-80(64)90-54-70)97-35-33-95(34-36-97)55-65-20-26-85(6,7)52-73(65)62-12-14-66(86)15-13-62/h8-19,21,27,48-49,51,54,57-58,60,67,69,76,79,87,89,100H,20,22-26,28-47,50,52-53,55-56H2,1-7H3,(H,88,90)(H,92,102)(H,93,101)/t58-,69+,76-,79+/m0/s1. The van der Waals surface area contributed by atoms with Gasteiger partial charge in [0.05, 0.1) is 122 Å². The van der Waals surface area contributed by atoms with Gasteiger partial charge in [-0.25, -0.2) is 23.1 Å². The predicted molar refractivity (Wildman–Crippen MR) is 448 cm³/mol. The first-order chi connectivity index (χ1) is 55.3. The number of nitrogens with zero attached hydrogens (tertiary/aromatic N) is 8. The number of anilines is 2. The van der Waals surface area contributed by atoms with Crippen molar-refractivity contribution in [3.8, 4) is 21.9 Å².